The van der Waals surface area contributed by atoms with Crippen molar-refractivity contribution in [2.45, 2.75) is 0 Å². The lowest BCUT2D eigenvalue weighted by molar-refractivity contribution is 0.0677. The first kappa shape index (κ1) is 15.2. The second-order valence-corrected chi connectivity index (χ2v) is 4.90. The number of carbonyl (C=O) groups is 1. The number of pyridine rings is 2. The Bertz CT molecular complexity index is 732. The van der Waals surface area contributed by atoms with Gasteiger partial charge in [-0.3, -0.25) is 9.88 Å². The van der Waals surface area contributed by atoms with Crippen LogP contribution in [-0.2, 0) is 9.47 Å². The first-order valence-corrected chi connectivity index (χ1v) is 7.23. The highest BCUT2D eigenvalue weighted by Crippen LogP contribution is 2.19. The van der Waals surface area contributed by atoms with E-state index in [0.717, 1.165) is 16.6 Å². The average Bonchev–Trinajstić information content (AvgIpc) is 2.99. The van der Waals surface area contributed by atoms with Crippen molar-refractivity contribution in [1.82, 2.24) is 14.9 Å². The molecule has 0 aliphatic carbocycles. The molecular weight excluding hydrogens is 298 g/mol. The van der Waals surface area contributed by atoms with E-state index in [2.05, 4.69) is 9.97 Å². The predicted octanol–water partition coefficient (Wildman–Crippen LogP) is 2.08. The van der Waals surface area contributed by atoms with E-state index in [4.69, 9.17) is 14.2 Å². The van der Waals surface area contributed by atoms with Gasteiger partial charge in [0.15, 0.2) is 0 Å². The minimum atomic E-state index is -0.328. The molecule has 1 fully saturated rings. The van der Waals surface area contributed by atoms with E-state index in [1.165, 1.54) is 4.90 Å². The number of amides is 1. The zero-order valence-corrected chi connectivity index (χ0v) is 12.8. The number of hydrogen-bond acceptors (Lipinski definition) is 6. The van der Waals surface area contributed by atoms with Gasteiger partial charge in [0, 0.05) is 17.8 Å². The molecule has 3 rings (SSSR count). The van der Waals surface area contributed by atoms with Crippen molar-refractivity contribution in [3.63, 3.8) is 0 Å². The molecule has 0 radical (unpaired) electrons. The standard InChI is InChI=1S/C16H17N3O4/c1-21-14-5-4-13-15(18-14)12(6-7-17-13)3-2-9-22-11-19-8-10-23-16(19)20/h2-7H,8-11H2,1H3/b3-2+. The van der Waals surface area contributed by atoms with Gasteiger partial charge in [-0.05, 0) is 12.1 Å². The fraction of sp³-hybridized carbons (Fsp3) is 0.312. The van der Waals surface area contributed by atoms with Crippen LogP contribution in [-0.4, -0.2) is 54.6 Å². The van der Waals surface area contributed by atoms with Crippen molar-refractivity contribution in [1.29, 1.82) is 0 Å². The topological polar surface area (TPSA) is 73.8 Å². The molecule has 120 valence electrons. The summed E-state index contributed by atoms with van der Waals surface area (Å²) in [5.41, 5.74) is 2.50. The molecule has 7 heteroatoms. The van der Waals surface area contributed by atoms with Crippen molar-refractivity contribution in [3.8, 4) is 5.88 Å². The molecule has 0 spiro atoms. The Labute approximate surface area is 133 Å². The van der Waals surface area contributed by atoms with Crippen molar-refractivity contribution >= 4 is 23.2 Å². The number of cyclic esters (lactones) is 1. The number of hydrogen-bond donors (Lipinski definition) is 0. The number of rotatable bonds is 6. The number of aromatic nitrogens is 2. The summed E-state index contributed by atoms with van der Waals surface area (Å²) in [6.45, 7) is 1.61. The van der Waals surface area contributed by atoms with Gasteiger partial charge < -0.3 is 14.2 Å². The maximum absolute atomic E-state index is 11.2. The SMILES string of the molecule is COc1ccc2nccc(/C=C/COCN3CCOC3=O)c2n1. The van der Waals surface area contributed by atoms with Crippen LogP contribution >= 0.6 is 0 Å². The summed E-state index contributed by atoms with van der Waals surface area (Å²) in [4.78, 5) is 21.5. The molecule has 2 aromatic heterocycles. The number of carbonyl (C=O) groups excluding carboxylic acids is 1. The Hall–Kier alpha value is -2.67. The lowest BCUT2D eigenvalue weighted by Crippen LogP contribution is -2.27. The van der Waals surface area contributed by atoms with E-state index in [1.807, 2.05) is 24.3 Å². The first-order chi connectivity index (χ1) is 11.3. The van der Waals surface area contributed by atoms with Crippen LogP contribution in [0.15, 0.2) is 30.5 Å². The molecule has 3 heterocycles. The zero-order valence-electron chi connectivity index (χ0n) is 12.8. The number of ether oxygens (including phenoxy) is 3. The van der Waals surface area contributed by atoms with Crippen LogP contribution in [0.2, 0.25) is 0 Å². The summed E-state index contributed by atoms with van der Waals surface area (Å²) in [6, 6.07) is 5.53. The smallest absolute Gasteiger partial charge is 0.411 e. The molecule has 0 N–H and O–H groups in total. The van der Waals surface area contributed by atoms with Gasteiger partial charge in [0.05, 0.1) is 31.3 Å². The normalized spacial score (nSPS) is 14.7. The molecule has 0 atom stereocenters. The van der Waals surface area contributed by atoms with Gasteiger partial charge in [0.25, 0.3) is 0 Å². The molecule has 7 nitrogen and oxygen atoms in total. The minimum absolute atomic E-state index is 0.229. The Kier molecular flexibility index (Phi) is 4.68. The highest BCUT2D eigenvalue weighted by Gasteiger charge is 2.21. The van der Waals surface area contributed by atoms with Gasteiger partial charge >= 0.3 is 6.09 Å². The van der Waals surface area contributed by atoms with Gasteiger partial charge in [-0.25, -0.2) is 9.78 Å². The zero-order chi connectivity index (χ0) is 16.1. The third-order valence-electron chi connectivity index (χ3n) is 3.40. The maximum Gasteiger partial charge on any atom is 0.411 e. The average molecular weight is 315 g/mol. The second-order valence-electron chi connectivity index (χ2n) is 4.90. The van der Waals surface area contributed by atoms with Gasteiger partial charge in [-0.2, -0.15) is 0 Å². The molecule has 0 bridgehead atoms. The Morgan fingerprint density at radius 2 is 2.30 bits per heavy atom. The summed E-state index contributed by atoms with van der Waals surface area (Å²) in [7, 11) is 1.58. The van der Waals surface area contributed by atoms with Crippen molar-refractivity contribution in [2.75, 3.05) is 33.6 Å². The first-order valence-electron chi connectivity index (χ1n) is 7.23. The number of methoxy groups -OCH3 is 1. The van der Waals surface area contributed by atoms with Crippen LogP contribution in [0.25, 0.3) is 17.1 Å². The third-order valence-corrected chi connectivity index (χ3v) is 3.40. The monoisotopic (exact) mass is 315 g/mol. The van der Waals surface area contributed by atoms with Crippen molar-refractivity contribution < 1.29 is 19.0 Å². The second kappa shape index (κ2) is 7.06. The van der Waals surface area contributed by atoms with Crippen LogP contribution in [0.5, 0.6) is 5.88 Å². The molecule has 1 saturated heterocycles. The molecule has 1 amide bonds. The molecular formula is C16H17N3O4. The van der Waals surface area contributed by atoms with Crippen LogP contribution in [0.1, 0.15) is 5.56 Å². The maximum atomic E-state index is 11.2. The lowest BCUT2D eigenvalue weighted by atomic mass is 10.2. The summed E-state index contributed by atoms with van der Waals surface area (Å²) in [6.07, 6.45) is 5.19. The molecule has 23 heavy (non-hydrogen) atoms. The van der Waals surface area contributed by atoms with E-state index in [9.17, 15) is 4.79 Å². The number of fused-ring (bicyclic) bond motifs is 1. The van der Waals surface area contributed by atoms with Gasteiger partial charge in [0.1, 0.15) is 13.3 Å². The Balaban J connectivity index is 1.62. The third kappa shape index (κ3) is 3.57. The van der Waals surface area contributed by atoms with E-state index in [1.54, 1.807) is 19.4 Å². The van der Waals surface area contributed by atoms with E-state index in [-0.39, 0.29) is 12.8 Å². The summed E-state index contributed by atoms with van der Waals surface area (Å²) < 4.78 is 15.4. The Morgan fingerprint density at radius 1 is 1.39 bits per heavy atom. The molecule has 0 saturated carbocycles. The van der Waals surface area contributed by atoms with Crippen molar-refractivity contribution in [2.24, 2.45) is 0 Å². The van der Waals surface area contributed by atoms with Crippen LogP contribution in [0, 0.1) is 0 Å². The lowest BCUT2D eigenvalue weighted by Gasteiger charge is -2.11. The van der Waals surface area contributed by atoms with Gasteiger partial charge in [-0.1, -0.05) is 12.2 Å². The quantitative estimate of drug-likeness (QED) is 0.760. The molecule has 1 aliphatic heterocycles. The number of nitrogens with zero attached hydrogens (tertiary/aromatic N) is 3. The van der Waals surface area contributed by atoms with Crippen molar-refractivity contribution in [3.05, 3.63) is 36.0 Å². The van der Waals surface area contributed by atoms with E-state index >= 15 is 0 Å². The van der Waals surface area contributed by atoms with Crippen LogP contribution in [0.4, 0.5) is 4.79 Å². The Morgan fingerprint density at radius 3 is 3.09 bits per heavy atom. The fourth-order valence-corrected chi connectivity index (χ4v) is 2.22. The highest BCUT2D eigenvalue weighted by atomic mass is 16.6. The molecule has 1 aliphatic rings. The van der Waals surface area contributed by atoms with Crippen LogP contribution in [0.3, 0.4) is 0 Å². The summed E-state index contributed by atoms with van der Waals surface area (Å²) in [5, 5.41) is 0. The van der Waals surface area contributed by atoms with E-state index in [0.29, 0.717) is 25.6 Å². The molecule has 0 aromatic carbocycles. The largest absolute Gasteiger partial charge is 0.481 e. The predicted molar refractivity (Wildman–Crippen MR) is 84.0 cm³/mol. The van der Waals surface area contributed by atoms with Gasteiger partial charge in [0.2, 0.25) is 5.88 Å². The summed E-state index contributed by atoms with van der Waals surface area (Å²) in [5.74, 6) is 0.545. The summed E-state index contributed by atoms with van der Waals surface area (Å²) >= 11 is 0. The minimum Gasteiger partial charge on any atom is -0.481 e. The molecule has 2 aromatic rings. The highest BCUT2D eigenvalue weighted by molar-refractivity contribution is 5.84. The fourth-order valence-electron chi connectivity index (χ4n) is 2.22. The molecule has 0 unspecified atom stereocenters. The van der Waals surface area contributed by atoms with Gasteiger partial charge in [-0.15, -0.1) is 0 Å². The van der Waals surface area contributed by atoms with E-state index < -0.39 is 0 Å². The van der Waals surface area contributed by atoms with Crippen LogP contribution < -0.4 is 4.74 Å².